The Hall–Kier alpha value is -3.15. The first-order valence-corrected chi connectivity index (χ1v) is 28.5. The Balaban J connectivity index is 4.43. The molecule has 0 aromatic carbocycles. The third-order valence-corrected chi connectivity index (χ3v) is 12.3. The van der Waals surface area contributed by atoms with Gasteiger partial charge in [-0.25, -0.2) is 0 Å². The minimum absolute atomic E-state index is 0.0898. The van der Waals surface area contributed by atoms with E-state index in [0.717, 1.165) is 103 Å². The van der Waals surface area contributed by atoms with Gasteiger partial charge in [-0.2, -0.15) is 0 Å². The Morgan fingerprint density at radius 3 is 0.955 bits per heavy atom. The fourth-order valence-electron chi connectivity index (χ4n) is 7.96. The highest BCUT2D eigenvalue weighted by atomic mass is 16.6. The predicted octanol–water partition coefficient (Wildman–Crippen LogP) is 19.0. The molecule has 0 aliphatic heterocycles. The van der Waals surface area contributed by atoms with E-state index in [4.69, 9.17) is 14.2 Å². The molecule has 0 saturated carbocycles. The van der Waals surface area contributed by atoms with Crippen LogP contribution in [0.15, 0.2) is 72.9 Å². The van der Waals surface area contributed by atoms with Gasteiger partial charge in [-0.3, -0.25) is 14.4 Å². The highest BCUT2D eigenvalue weighted by Crippen LogP contribution is 2.15. The number of hydrogen-bond acceptors (Lipinski definition) is 6. The first-order chi connectivity index (χ1) is 33.0. The lowest BCUT2D eigenvalue weighted by Gasteiger charge is -2.18. The number of rotatable bonds is 51. The lowest BCUT2D eigenvalue weighted by Crippen LogP contribution is -2.30. The zero-order valence-corrected chi connectivity index (χ0v) is 44.2. The van der Waals surface area contributed by atoms with Gasteiger partial charge in [0.25, 0.3) is 0 Å². The van der Waals surface area contributed by atoms with Crippen molar-refractivity contribution in [2.75, 3.05) is 13.2 Å². The molecule has 0 heterocycles. The summed E-state index contributed by atoms with van der Waals surface area (Å²) >= 11 is 0. The molecule has 1 unspecified atom stereocenters. The van der Waals surface area contributed by atoms with Crippen LogP contribution in [0.1, 0.15) is 278 Å². The maximum atomic E-state index is 12.8. The molecule has 386 valence electrons. The first-order valence-electron chi connectivity index (χ1n) is 28.5. The second-order valence-electron chi connectivity index (χ2n) is 18.9. The standard InChI is InChI=1S/C61H106O6/c1-4-7-10-13-16-19-22-25-28-30-31-34-36-39-42-45-48-51-54-60(63)66-57-58(56-65-59(62)53-50-47-44-41-38-35-32-27-24-21-18-15-12-9-6-3)67-61(64)55-52-49-46-43-40-37-33-29-26-23-20-17-14-11-8-5-2/h9,12,15,18,21,24,28-31,33-34,58H,4-8,10-11,13-14,16-17,19-20,22-23,25-27,32,35-57H2,1-3H3/b12-9-,18-15-,24-21-,30-28-,33-29-,34-31-. The third kappa shape index (κ3) is 53.7. The maximum absolute atomic E-state index is 12.8. The molecule has 0 bridgehead atoms. The summed E-state index contributed by atoms with van der Waals surface area (Å²) in [7, 11) is 0. The summed E-state index contributed by atoms with van der Waals surface area (Å²) in [6.07, 6.45) is 70.3. The predicted molar refractivity (Wildman–Crippen MR) is 288 cm³/mol. The highest BCUT2D eigenvalue weighted by Gasteiger charge is 2.19. The molecule has 0 amide bonds. The third-order valence-electron chi connectivity index (χ3n) is 12.3. The summed E-state index contributed by atoms with van der Waals surface area (Å²) in [5.41, 5.74) is 0. The second-order valence-corrected chi connectivity index (χ2v) is 18.9. The summed E-state index contributed by atoms with van der Waals surface area (Å²) in [4.78, 5) is 38.1. The largest absolute Gasteiger partial charge is 0.462 e. The van der Waals surface area contributed by atoms with E-state index in [9.17, 15) is 14.4 Å². The molecule has 6 heteroatoms. The van der Waals surface area contributed by atoms with Crippen LogP contribution in [0.2, 0.25) is 0 Å². The molecule has 0 aliphatic rings. The minimum atomic E-state index is -0.791. The van der Waals surface area contributed by atoms with Crippen LogP contribution in [0.5, 0.6) is 0 Å². The van der Waals surface area contributed by atoms with Gasteiger partial charge < -0.3 is 14.2 Å². The Morgan fingerprint density at radius 1 is 0.313 bits per heavy atom. The number of unbranched alkanes of at least 4 members (excludes halogenated alkanes) is 31. The van der Waals surface area contributed by atoms with E-state index in [1.54, 1.807) is 0 Å². The summed E-state index contributed by atoms with van der Waals surface area (Å²) < 4.78 is 16.8. The van der Waals surface area contributed by atoms with E-state index in [0.29, 0.717) is 19.3 Å². The number of hydrogen-bond donors (Lipinski definition) is 0. The van der Waals surface area contributed by atoms with Crippen molar-refractivity contribution >= 4 is 17.9 Å². The molecule has 0 aliphatic carbocycles. The van der Waals surface area contributed by atoms with Crippen LogP contribution in [0.4, 0.5) is 0 Å². The highest BCUT2D eigenvalue weighted by molar-refractivity contribution is 5.71. The molecule has 0 rings (SSSR count). The van der Waals surface area contributed by atoms with Crippen molar-refractivity contribution in [1.29, 1.82) is 0 Å². The molecule has 0 radical (unpaired) electrons. The fourth-order valence-corrected chi connectivity index (χ4v) is 7.96. The van der Waals surface area contributed by atoms with Gasteiger partial charge in [-0.1, -0.05) is 241 Å². The topological polar surface area (TPSA) is 78.9 Å². The zero-order chi connectivity index (χ0) is 48.6. The zero-order valence-electron chi connectivity index (χ0n) is 44.2. The molecule has 0 N–H and O–H groups in total. The quantitative estimate of drug-likeness (QED) is 0.0199. The van der Waals surface area contributed by atoms with E-state index in [1.165, 1.54) is 135 Å². The molecular weight excluding hydrogens is 829 g/mol. The van der Waals surface area contributed by atoms with Crippen LogP contribution in [0.3, 0.4) is 0 Å². The van der Waals surface area contributed by atoms with E-state index in [2.05, 4.69) is 93.7 Å². The number of ether oxygens (including phenoxy) is 3. The number of carbonyl (C=O) groups is 3. The van der Waals surface area contributed by atoms with Gasteiger partial charge in [0.2, 0.25) is 0 Å². The molecule has 67 heavy (non-hydrogen) atoms. The summed E-state index contributed by atoms with van der Waals surface area (Å²) in [6, 6.07) is 0. The van der Waals surface area contributed by atoms with Crippen LogP contribution in [0, 0.1) is 0 Å². The van der Waals surface area contributed by atoms with Gasteiger partial charge in [-0.15, -0.1) is 0 Å². The van der Waals surface area contributed by atoms with Crippen molar-refractivity contribution in [2.24, 2.45) is 0 Å². The average Bonchev–Trinajstić information content (AvgIpc) is 3.33. The van der Waals surface area contributed by atoms with Crippen molar-refractivity contribution in [3.63, 3.8) is 0 Å². The Labute approximate surface area is 414 Å². The molecule has 6 nitrogen and oxygen atoms in total. The van der Waals surface area contributed by atoms with Crippen LogP contribution in [-0.2, 0) is 28.6 Å². The van der Waals surface area contributed by atoms with E-state index in [1.807, 2.05) is 0 Å². The van der Waals surface area contributed by atoms with Crippen molar-refractivity contribution in [3.05, 3.63) is 72.9 Å². The normalized spacial score (nSPS) is 12.6. The van der Waals surface area contributed by atoms with Gasteiger partial charge in [0.1, 0.15) is 13.2 Å². The molecule has 0 saturated heterocycles. The van der Waals surface area contributed by atoms with Crippen LogP contribution < -0.4 is 0 Å². The van der Waals surface area contributed by atoms with Gasteiger partial charge in [0, 0.05) is 19.3 Å². The van der Waals surface area contributed by atoms with Gasteiger partial charge in [0.15, 0.2) is 6.10 Å². The molecular formula is C61H106O6. The Morgan fingerprint density at radius 2 is 0.597 bits per heavy atom. The summed E-state index contributed by atoms with van der Waals surface area (Å²) in [6.45, 7) is 6.49. The maximum Gasteiger partial charge on any atom is 0.306 e. The van der Waals surface area contributed by atoms with Crippen molar-refractivity contribution < 1.29 is 28.6 Å². The lowest BCUT2D eigenvalue weighted by atomic mass is 10.1. The van der Waals surface area contributed by atoms with Gasteiger partial charge in [0.05, 0.1) is 0 Å². The monoisotopic (exact) mass is 935 g/mol. The number of esters is 3. The summed E-state index contributed by atoms with van der Waals surface area (Å²) in [5, 5.41) is 0. The van der Waals surface area contributed by atoms with Gasteiger partial charge in [-0.05, 0) is 89.9 Å². The average molecular weight is 936 g/mol. The number of carbonyl (C=O) groups excluding carboxylic acids is 3. The fraction of sp³-hybridized carbons (Fsp3) is 0.754. The van der Waals surface area contributed by atoms with Crippen molar-refractivity contribution in [2.45, 2.75) is 284 Å². The van der Waals surface area contributed by atoms with Crippen molar-refractivity contribution in [1.82, 2.24) is 0 Å². The summed E-state index contributed by atoms with van der Waals surface area (Å²) in [5.74, 6) is -0.917. The van der Waals surface area contributed by atoms with E-state index < -0.39 is 6.10 Å². The van der Waals surface area contributed by atoms with Crippen LogP contribution >= 0.6 is 0 Å². The second kappa shape index (κ2) is 55.4. The Kier molecular flexibility index (Phi) is 52.8. The van der Waals surface area contributed by atoms with Gasteiger partial charge >= 0.3 is 17.9 Å². The van der Waals surface area contributed by atoms with Crippen LogP contribution in [-0.4, -0.2) is 37.2 Å². The molecule has 0 spiro atoms. The van der Waals surface area contributed by atoms with E-state index in [-0.39, 0.29) is 31.1 Å². The SMILES string of the molecule is CC\C=C/C=C\C=C/CCCCCCCCCC(=O)OCC(COC(=O)CCCCCCC/C=C\C=C/CCCCCCCCC)OC(=O)CCCCCCC/C=C\CCCCCCCCC. The molecule has 0 aromatic heterocycles. The Bertz CT molecular complexity index is 1260. The first kappa shape index (κ1) is 63.8. The smallest absolute Gasteiger partial charge is 0.306 e. The molecule has 0 aromatic rings. The van der Waals surface area contributed by atoms with Crippen molar-refractivity contribution in [3.8, 4) is 0 Å². The number of allylic oxidation sites excluding steroid dienone is 12. The lowest BCUT2D eigenvalue weighted by molar-refractivity contribution is -0.167. The minimum Gasteiger partial charge on any atom is -0.462 e. The van der Waals surface area contributed by atoms with E-state index >= 15 is 0 Å². The van der Waals surface area contributed by atoms with Crippen LogP contribution in [0.25, 0.3) is 0 Å². The molecule has 1 atom stereocenters. The molecule has 0 fully saturated rings.